The molecule has 0 spiro atoms. The third-order valence-electron chi connectivity index (χ3n) is 5.06. The molecule has 1 aliphatic heterocycles. The van der Waals surface area contributed by atoms with E-state index in [2.05, 4.69) is 36.1 Å². The molecule has 0 radical (unpaired) electrons. The average Bonchev–Trinajstić information content (AvgIpc) is 2.63. The molecule has 0 saturated carbocycles. The van der Waals surface area contributed by atoms with Crippen LogP contribution in [0.3, 0.4) is 0 Å². The number of likely N-dealkylation sites (N-methyl/N-ethyl adjacent to an activating group) is 1. The number of hydrogen-bond acceptors (Lipinski definition) is 3. The molecule has 4 heteroatoms. The first-order valence-corrected chi connectivity index (χ1v) is 8.91. The van der Waals surface area contributed by atoms with Gasteiger partial charge in [-0.15, -0.1) is 0 Å². The lowest BCUT2D eigenvalue weighted by molar-refractivity contribution is -0.131. The molecule has 3 nitrogen and oxygen atoms in total. The fraction of sp³-hybridized carbons (Fsp3) is 0.318. The van der Waals surface area contributed by atoms with E-state index in [1.807, 2.05) is 25.4 Å². The molecular weight excluding hydrogens is 329 g/mol. The molecule has 0 aromatic heterocycles. The molecule has 0 fully saturated rings. The van der Waals surface area contributed by atoms with Crippen molar-refractivity contribution in [2.24, 2.45) is 5.92 Å². The van der Waals surface area contributed by atoms with Crippen LogP contribution in [0.5, 0.6) is 5.75 Å². The van der Waals surface area contributed by atoms with Gasteiger partial charge in [0.2, 0.25) is 0 Å². The zero-order chi connectivity index (χ0) is 18.7. The molecule has 1 heterocycles. The molecule has 1 aromatic carbocycles. The highest BCUT2D eigenvalue weighted by Gasteiger charge is 2.42. The second kappa shape index (κ2) is 7.32. The smallest absolute Gasteiger partial charge is 0.308 e. The van der Waals surface area contributed by atoms with Crippen molar-refractivity contribution >= 4 is 5.97 Å². The highest BCUT2D eigenvalue weighted by atomic mass is 19.1. The van der Waals surface area contributed by atoms with Crippen molar-refractivity contribution in [2.45, 2.75) is 25.7 Å². The zero-order valence-electron chi connectivity index (χ0n) is 15.4. The summed E-state index contributed by atoms with van der Waals surface area (Å²) in [6.45, 7) is 4.26. The summed E-state index contributed by atoms with van der Waals surface area (Å²) >= 11 is 0. The van der Waals surface area contributed by atoms with Crippen LogP contribution in [0.15, 0.2) is 66.4 Å². The van der Waals surface area contributed by atoms with Crippen molar-refractivity contribution in [1.29, 1.82) is 0 Å². The Morgan fingerprint density at radius 2 is 2.19 bits per heavy atom. The molecule has 2 unspecified atom stereocenters. The van der Waals surface area contributed by atoms with Gasteiger partial charge in [-0.2, -0.15) is 0 Å². The minimum Gasteiger partial charge on any atom is -0.426 e. The van der Waals surface area contributed by atoms with E-state index < -0.39 is 11.4 Å². The molecule has 0 amide bonds. The van der Waals surface area contributed by atoms with E-state index in [-0.39, 0.29) is 11.7 Å². The van der Waals surface area contributed by atoms with E-state index in [4.69, 9.17) is 4.74 Å². The number of carbonyl (C=O) groups is 1. The average molecular weight is 353 g/mol. The van der Waals surface area contributed by atoms with E-state index in [9.17, 15) is 9.18 Å². The maximum atomic E-state index is 14.2. The first kappa shape index (κ1) is 18.2. The van der Waals surface area contributed by atoms with Crippen molar-refractivity contribution in [3.8, 4) is 5.75 Å². The normalized spacial score (nSPS) is 24.5. The summed E-state index contributed by atoms with van der Waals surface area (Å²) in [7, 11) is 2.01. The van der Waals surface area contributed by atoms with Crippen LogP contribution in [0.2, 0.25) is 0 Å². The van der Waals surface area contributed by atoms with Crippen LogP contribution in [-0.4, -0.2) is 24.5 Å². The Morgan fingerprint density at radius 3 is 2.85 bits per heavy atom. The maximum absolute atomic E-state index is 14.2. The van der Waals surface area contributed by atoms with Crippen LogP contribution in [0, 0.1) is 11.7 Å². The van der Waals surface area contributed by atoms with Crippen molar-refractivity contribution < 1.29 is 13.9 Å². The van der Waals surface area contributed by atoms with E-state index in [0.29, 0.717) is 11.3 Å². The van der Waals surface area contributed by atoms with Gasteiger partial charge in [0.25, 0.3) is 0 Å². The monoisotopic (exact) mass is 353 g/mol. The van der Waals surface area contributed by atoms with Gasteiger partial charge in [-0.25, -0.2) is 4.39 Å². The van der Waals surface area contributed by atoms with Crippen LogP contribution < -0.4 is 4.74 Å². The molecule has 0 bridgehead atoms. The lowest BCUT2D eigenvalue weighted by Crippen LogP contribution is -2.37. The maximum Gasteiger partial charge on any atom is 0.308 e. The topological polar surface area (TPSA) is 29.5 Å². The van der Waals surface area contributed by atoms with Gasteiger partial charge in [-0.3, -0.25) is 4.79 Å². The number of benzene rings is 1. The fourth-order valence-electron chi connectivity index (χ4n) is 3.85. The van der Waals surface area contributed by atoms with Gasteiger partial charge in [-0.1, -0.05) is 37.3 Å². The summed E-state index contributed by atoms with van der Waals surface area (Å²) < 4.78 is 19.7. The van der Waals surface area contributed by atoms with Crippen LogP contribution in [0.1, 0.15) is 25.8 Å². The van der Waals surface area contributed by atoms with Gasteiger partial charge in [-0.05, 0) is 48.4 Å². The molecule has 0 saturated heterocycles. The Labute approximate surface area is 154 Å². The molecule has 26 heavy (non-hydrogen) atoms. The van der Waals surface area contributed by atoms with Gasteiger partial charge in [0, 0.05) is 31.5 Å². The first-order valence-electron chi connectivity index (χ1n) is 8.91. The summed E-state index contributed by atoms with van der Waals surface area (Å²) in [6, 6.07) is 4.38. The van der Waals surface area contributed by atoms with Gasteiger partial charge < -0.3 is 9.64 Å². The van der Waals surface area contributed by atoms with Crippen LogP contribution in [0.4, 0.5) is 4.39 Å². The predicted molar refractivity (Wildman–Crippen MR) is 101 cm³/mol. The Balaban J connectivity index is 2.24. The summed E-state index contributed by atoms with van der Waals surface area (Å²) in [5.41, 5.74) is 1.19. The first-order chi connectivity index (χ1) is 12.5. The number of rotatable bonds is 4. The van der Waals surface area contributed by atoms with Gasteiger partial charge in [0.15, 0.2) is 0 Å². The molecule has 3 rings (SSSR count). The summed E-state index contributed by atoms with van der Waals surface area (Å²) in [6.07, 6.45) is 15.4. The molecule has 136 valence electrons. The zero-order valence-corrected chi connectivity index (χ0v) is 15.4. The quantitative estimate of drug-likeness (QED) is 0.588. The third-order valence-corrected chi connectivity index (χ3v) is 5.06. The van der Waals surface area contributed by atoms with Gasteiger partial charge >= 0.3 is 5.97 Å². The van der Waals surface area contributed by atoms with E-state index >= 15 is 0 Å². The highest BCUT2D eigenvalue weighted by Crippen LogP contribution is 2.49. The van der Waals surface area contributed by atoms with Crippen LogP contribution >= 0.6 is 0 Å². The number of allylic oxidation sites excluding steroid dienone is 6. The lowest BCUT2D eigenvalue weighted by Gasteiger charge is -2.42. The Hall–Kier alpha value is -2.62. The molecule has 0 N–H and O–H groups in total. The summed E-state index contributed by atoms with van der Waals surface area (Å²) in [4.78, 5) is 13.7. The predicted octanol–water partition coefficient (Wildman–Crippen LogP) is 4.53. The molecule has 1 aromatic rings. The Kier molecular flexibility index (Phi) is 5.12. The number of esters is 1. The summed E-state index contributed by atoms with van der Waals surface area (Å²) in [5.74, 6) is -0.219. The van der Waals surface area contributed by atoms with E-state index in [1.54, 1.807) is 6.07 Å². The Bertz CT molecular complexity index is 821. The molecule has 1 aliphatic carbocycles. The van der Waals surface area contributed by atoms with Crippen molar-refractivity contribution in [3.05, 3.63) is 77.8 Å². The summed E-state index contributed by atoms with van der Waals surface area (Å²) in [5, 5.41) is 0. The number of ether oxygens (including phenoxy) is 1. The van der Waals surface area contributed by atoms with Crippen LogP contribution in [-0.2, 0) is 10.2 Å². The fourth-order valence-corrected chi connectivity index (χ4v) is 3.85. The van der Waals surface area contributed by atoms with E-state index in [1.165, 1.54) is 19.1 Å². The SMILES string of the molecule is CCC1C=CC=CC1(C1=CCN(C)C=C1)c1cc(F)ccc1OC(C)=O. The van der Waals surface area contributed by atoms with Crippen LogP contribution in [0.25, 0.3) is 0 Å². The highest BCUT2D eigenvalue weighted by molar-refractivity contribution is 5.71. The number of nitrogens with zero attached hydrogens (tertiary/aromatic N) is 1. The minimum absolute atomic E-state index is 0.128. The second-order valence-electron chi connectivity index (χ2n) is 6.78. The minimum atomic E-state index is -0.575. The molecule has 2 atom stereocenters. The standard InChI is InChI=1S/C22H24FNO2/c1-4-17-7-5-6-12-22(17,18-10-13-24(3)14-11-18)20-15-19(23)8-9-21(20)26-16(2)25/h5-13,15,17H,4,14H2,1-3H3. The lowest BCUT2D eigenvalue weighted by atomic mass is 9.62. The Morgan fingerprint density at radius 1 is 1.38 bits per heavy atom. The van der Waals surface area contributed by atoms with Gasteiger partial charge in [0.1, 0.15) is 11.6 Å². The molecule has 2 aliphatic rings. The second-order valence-corrected chi connectivity index (χ2v) is 6.78. The number of carbonyl (C=O) groups excluding carboxylic acids is 1. The van der Waals surface area contributed by atoms with Crippen molar-refractivity contribution in [3.63, 3.8) is 0 Å². The van der Waals surface area contributed by atoms with E-state index in [0.717, 1.165) is 18.5 Å². The third kappa shape index (κ3) is 3.24. The number of halogens is 1. The largest absolute Gasteiger partial charge is 0.426 e. The number of hydrogen-bond donors (Lipinski definition) is 0. The van der Waals surface area contributed by atoms with Crippen molar-refractivity contribution in [1.82, 2.24) is 4.90 Å². The van der Waals surface area contributed by atoms with Gasteiger partial charge in [0.05, 0.1) is 0 Å². The van der Waals surface area contributed by atoms with Crippen molar-refractivity contribution in [2.75, 3.05) is 13.6 Å². The molecular formula is C22H24FNO2.